The van der Waals surface area contributed by atoms with Crippen molar-refractivity contribution in [1.82, 2.24) is 19.2 Å². The van der Waals surface area contributed by atoms with Crippen LogP contribution in [-0.4, -0.2) is 65.7 Å². The van der Waals surface area contributed by atoms with Gasteiger partial charge in [-0.3, -0.25) is 4.79 Å². The summed E-state index contributed by atoms with van der Waals surface area (Å²) in [4.78, 5) is 26.0. The first-order valence-corrected chi connectivity index (χ1v) is 13.3. The van der Waals surface area contributed by atoms with Gasteiger partial charge in [-0.15, -0.1) is 11.3 Å². The lowest BCUT2D eigenvalue weighted by atomic mass is 10.2. The molecule has 0 spiro atoms. The fourth-order valence-corrected chi connectivity index (χ4v) is 6.51. The third-order valence-electron chi connectivity index (χ3n) is 6.11. The highest BCUT2D eigenvalue weighted by molar-refractivity contribution is 7.89. The van der Waals surface area contributed by atoms with Crippen molar-refractivity contribution in [3.63, 3.8) is 0 Å². The zero-order valence-corrected chi connectivity index (χ0v) is 21.0. The molecule has 1 aliphatic heterocycles. The predicted octanol–water partition coefficient (Wildman–Crippen LogP) is 3.34. The maximum Gasteiger partial charge on any atom is 0.244 e. The molecule has 3 aromatic rings. The molecule has 10 heteroatoms. The van der Waals surface area contributed by atoms with Gasteiger partial charge in [0.1, 0.15) is 23.0 Å². The Morgan fingerprint density at radius 2 is 1.79 bits per heavy atom. The molecule has 3 heterocycles. The lowest BCUT2D eigenvalue weighted by Crippen LogP contribution is -2.43. The minimum absolute atomic E-state index is 0.0686. The number of nitrogens with one attached hydrogen (secondary N) is 1. The van der Waals surface area contributed by atoms with Crippen LogP contribution in [0.15, 0.2) is 35.5 Å². The number of nitrogens with zero attached hydrogens (tertiary/aromatic N) is 4. The highest BCUT2D eigenvalue weighted by Gasteiger charge is 2.30. The Balaban J connectivity index is 1.45. The Hall–Kier alpha value is -2.56. The topological polar surface area (TPSA) is 95.5 Å². The quantitative estimate of drug-likeness (QED) is 0.593. The number of aromatic nitrogens is 2. The molecular formula is C23H29N5O3S2. The number of anilines is 1. The van der Waals surface area contributed by atoms with Gasteiger partial charge in [-0.1, -0.05) is 17.7 Å². The van der Waals surface area contributed by atoms with Gasteiger partial charge in [0.05, 0.1) is 10.3 Å². The van der Waals surface area contributed by atoms with Crippen LogP contribution in [0.4, 0.5) is 5.82 Å². The number of carbonyl (C=O) groups excluding carboxylic acids is 1. The van der Waals surface area contributed by atoms with Gasteiger partial charge in [-0.25, -0.2) is 18.4 Å². The SMILES string of the molecule is Cc1ccc(S(=O)(=O)N2CCCN(C(=O)C(C)Nc3ncnc4sc(C)c(C)c34)CC2)cc1. The molecule has 1 N–H and O–H groups in total. The van der Waals surface area contributed by atoms with Crippen molar-refractivity contribution in [2.24, 2.45) is 0 Å². The molecule has 0 saturated carbocycles. The second-order valence-corrected chi connectivity index (χ2v) is 11.6. The Labute approximate surface area is 198 Å². The predicted molar refractivity (Wildman–Crippen MR) is 131 cm³/mol. The van der Waals surface area contributed by atoms with E-state index in [9.17, 15) is 13.2 Å². The van der Waals surface area contributed by atoms with Crippen LogP contribution in [0.2, 0.25) is 0 Å². The standard InChI is InChI=1S/C23H29N5O3S2/c1-15-6-8-19(9-7-15)33(30,31)28-11-5-10-27(12-13-28)23(29)17(3)26-21-20-16(2)18(4)32-22(20)25-14-24-21/h6-9,14,17H,5,10-13H2,1-4H3,(H,24,25,26). The summed E-state index contributed by atoms with van der Waals surface area (Å²) in [7, 11) is -3.58. The molecule has 1 amide bonds. The van der Waals surface area contributed by atoms with Crippen LogP contribution in [0.3, 0.4) is 0 Å². The zero-order valence-electron chi connectivity index (χ0n) is 19.3. The minimum Gasteiger partial charge on any atom is -0.358 e. The molecule has 2 aromatic heterocycles. The molecule has 0 bridgehead atoms. The second-order valence-electron chi connectivity index (χ2n) is 8.45. The Kier molecular flexibility index (Phi) is 6.69. The fourth-order valence-electron chi connectivity index (χ4n) is 4.05. The first-order valence-electron chi connectivity index (χ1n) is 11.0. The van der Waals surface area contributed by atoms with Crippen molar-refractivity contribution < 1.29 is 13.2 Å². The summed E-state index contributed by atoms with van der Waals surface area (Å²) < 4.78 is 27.6. The largest absolute Gasteiger partial charge is 0.358 e. The molecule has 176 valence electrons. The van der Waals surface area contributed by atoms with E-state index >= 15 is 0 Å². The molecule has 1 aliphatic rings. The highest BCUT2D eigenvalue weighted by Crippen LogP contribution is 2.32. The normalized spacial score (nSPS) is 16.5. The van der Waals surface area contributed by atoms with Crippen molar-refractivity contribution in [1.29, 1.82) is 0 Å². The van der Waals surface area contributed by atoms with Crippen molar-refractivity contribution in [2.75, 3.05) is 31.5 Å². The van der Waals surface area contributed by atoms with Crippen LogP contribution < -0.4 is 5.32 Å². The fraction of sp³-hybridized carbons (Fsp3) is 0.435. The second kappa shape index (κ2) is 9.36. The molecule has 1 unspecified atom stereocenters. The molecule has 4 rings (SSSR count). The van der Waals surface area contributed by atoms with E-state index in [1.54, 1.807) is 40.5 Å². The van der Waals surface area contributed by atoms with Crippen LogP contribution in [0, 0.1) is 20.8 Å². The number of sulfonamides is 1. The lowest BCUT2D eigenvalue weighted by Gasteiger charge is -2.25. The van der Waals surface area contributed by atoms with Crippen molar-refractivity contribution in [3.8, 4) is 0 Å². The summed E-state index contributed by atoms with van der Waals surface area (Å²) in [5.74, 6) is 0.585. The van der Waals surface area contributed by atoms with Gasteiger partial charge < -0.3 is 10.2 Å². The van der Waals surface area contributed by atoms with E-state index < -0.39 is 16.1 Å². The lowest BCUT2D eigenvalue weighted by molar-refractivity contribution is -0.131. The van der Waals surface area contributed by atoms with E-state index in [1.165, 1.54) is 15.5 Å². The van der Waals surface area contributed by atoms with Gasteiger partial charge in [0.2, 0.25) is 15.9 Å². The molecule has 1 fully saturated rings. The molecule has 1 saturated heterocycles. The van der Waals surface area contributed by atoms with E-state index in [0.717, 1.165) is 21.3 Å². The van der Waals surface area contributed by atoms with E-state index in [2.05, 4.69) is 15.3 Å². The van der Waals surface area contributed by atoms with E-state index in [-0.39, 0.29) is 17.3 Å². The van der Waals surface area contributed by atoms with Gasteiger partial charge in [-0.05, 0) is 51.8 Å². The van der Waals surface area contributed by atoms with E-state index in [4.69, 9.17) is 0 Å². The number of aryl methyl sites for hydroxylation is 3. The van der Waals surface area contributed by atoms with Crippen molar-refractivity contribution >= 4 is 43.3 Å². The zero-order chi connectivity index (χ0) is 23.8. The maximum absolute atomic E-state index is 13.2. The number of benzene rings is 1. The van der Waals surface area contributed by atoms with Gasteiger partial charge in [0.25, 0.3) is 0 Å². The maximum atomic E-state index is 13.2. The first-order chi connectivity index (χ1) is 15.7. The van der Waals surface area contributed by atoms with Crippen LogP contribution in [0.25, 0.3) is 10.2 Å². The Bertz CT molecular complexity index is 1270. The molecule has 1 atom stereocenters. The molecule has 0 radical (unpaired) electrons. The number of hydrogen-bond acceptors (Lipinski definition) is 7. The van der Waals surface area contributed by atoms with Crippen molar-refractivity contribution in [3.05, 3.63) is 46.6 Å². The molecule has 8 nitrogen and oxygen atoms in total. The average Bonchev–Trinajstić information content (AvgIpc) is 2.95. The summed E-state index contributed by atoms with van der Waals surface area (Å²) in [6, 6.07) is 6.38. The van der Waals surface area contributed by atoms with Crippen LogP contribution in [0.5, 0.6) is 0 Å². The van der Waals surface area contributed by atoms with Crippen molar-refractivity contribution in [2.45, 2.75) is 45.1 Å². The van der Waals surface area contributed by atoms with Gasteiger partial charge in [0, 0.05) is 31.1 Å². The van der Waals surface area contributed by atoms with Crippen LogP contribution in [-0.2, 0) is 14.8 Å². The first kappa shape index (κ1) is 23.6. The number of amides is 1. The third-order valence-corrected chi connectivity index (χ3v) is 9.14. The number of fused-ring (bicyclic) bond motifs is 1. The Morgan fingerprint density at radius 1 is 1.06 bits per heavy atom. The summed E-state index contributed by atoms with van der Waals surface area (Å²) in [6.07, 6.45) is 2.10. The van der Waals surface area contributed by atoms with Gasteiger partial charge in [0.15, 0.2) is 0 Å². The highest BCUT2D eigenvalue weighted by atomic mass is 32.2. The molecular weight excluding hydrogens is 458 g/mol. The number of carbonyl (C=O) groups is 1. The van der Waals surface area contributed by atoms with Gasteiger partial charge >= 0.3 is 0 Å². The molecule has 0 aliphatic carbocycles. The Morgan fingerprint density at radius 3 is 2.52 bits per heavy atom. The molecule has 33 heavy (non-hydrogen) atoms. The van der Waals surface area contributed by atoms with Crippen LogP contribution >= 0.6 is 11.3 Å². The minimum atomic E-state index is -3.58. The van der Waals surface area contributed by atoms with E-state index in [0.29, 0.717) is 31.9 Å². The summed E-state index contributed by atoms with van der Waals surface area (Å²) >= 11 is 1.61. The van der Waals surface area contributed by atoms with Crippen LogP contribution in [0.1, 0.15) is 29.3 Å². The number of thiophene rings is 1. The summed E-state index contributed by atoms with van der Waals surface area (Å²) in [6.45, 7) is 9.36. The number of hydrogen-bond donors (Lipinski definition) is 1. The van der Waals surface area contributed by atoms with Gasteiger partial charge in [-0.2, -0.15) is 4.31 Å². The van der Waals surface area contributed by atoms with E-state index in [1.807, 2.05) is 27.7 Å². The summed E-state index contributed by atoms with van der Waals surface area (Å²) in [5.41, 5.74) is 2.13. The number of rotatable bonds is 5. The molecule has 1 aromatic carbocycles. The average molecular weight is 488 g/mol. The smallest absolute Gasteiger partial charge is 0.244 e. The third kappa shape index (κ3) is 4.73. The summed E-state index contributed by atoms with van der Waals surface area (Å²) in [5, 5.41) is 4.21. The monoisotopic (exact) mass is 487 g/mol.